The van der Waals surface area contributed by atoms with Crippen LogP contribution >= 0.6 is 0 Å². The van der Waals surface area contributed by atoms with Crippen LogP contribution in [0.25, 0.3) is 11.1 Å². The second-order valence-corrected chi connectivity index (χ2v) is 8.80. The standard InChI is InChI=1S/C26H29N5O2/c32-25(28-16-23-21-7-4-8-22(21)29-30-23)15-24-26(33)27-13-14-31(24)17-18-9-11-20(12-10-18)19-5-2-1-3-6-19/h1-3,5-6,9-12,24H,4,7-8,13-17H2,(H,27,33)(H,28,32)(H,29,30). The molecule has 0 spiro atoms. The lowest BCUT2D eigenvalue weighted by atomic mass is 10.0. The Morgan fingerprint density at radius 2 is 1.85 bits per heavy atom. The minimum atomic E-state index is -0.475. The Kier molecular flexibility index (Phi) is 6.21. The number of nitrogens with zero attached hydrogens (tertiary/aromatic N) is 2. The van der Waals surface area contributed by atoms with Gasteiger partial charge in [-0.25, -0.2) is 0 Å². The van der Waals surface area contributed by atoms with Gasteiger partial charge >= 0.3 is 0 Å². The number of carbonyl (C=O) groups is 2. The fraction of sp³-hybridized carbons (Fsp3) is 0.346. The smallest absolute Gasteiger partial charge is 0.237 e. The van der Waals surface area contributed by atoms with Gasteiger partial charge in [0.2, 0.25) is 11.8 Å². The van der Waals surface area contributed by atoms with Crippen LogP contribution in [0.1, 0.15) is 35.4 Å². The molecule has 1 aliphatic carbocycles. The number of H-pyrrole nitrogens is 1. The molecule has 2 aromatic carbocycles. The fourth-order valence-corrected chi connectivity index (χ4v) is 4.81. The third kappa shape index (κ3) is 4.83. The summed E-state index contributed by atoms with van der Waals surface area (Å²) in [5.41, 5.74) is 6.82. The van der Waals surface area contributed by atoms with Gasteiger partial charge in [0.1, 0.15) is 0 Å². The molecule has 1 atom stereocenters. The van der Waals surface area contributed by atoms with E-state index in [0.29, 0.717) is 19.6 Å². The lowest BCUT2D eigenvalue weighted by Crippen LogP contribution is -2.56. The summed E-state index contributed by atoms with van der Waals surface area (Å²) in [4.78, 5) is 27.4. The molecule has 2 aliphatic rings. The number of fused-ring (bicyclic) bond motifs is 1. The molecule has 7 heteroatoms. The lowest BCUT2D eigenvalue weighted by molar-refractivity contribution is -0.134. The molecule has 170 valence electrons. The first-order chi connectivity index (χ1) is 16.2. The van der Waals surface area contributed by atoms with Crippen LogP contribution in [0.3, 0.4) is 0 Å². The number of piperazine rings is 1. The second kappa shape index (κ2) is 9.58. The van der Waals surface area contributed by atoms with Gasteiger partial charge in [-0.1, -0.05) is 54.6 Å². The van der Waals surface area contributed by atoms with Crippen molar-refractivity contribution in [1.82, 2.24) is 25.7 Å². The molecule has 1 aromatic heterocycles. The summed E-state index contributed by atoms with van der Waals surface area (Å²) in [5, 5.41) is 13.3. The number of rotatable bonds is 7. The van der Waals surface area contributed by atoms with Crippen LogP contribution in [0.15, 0.2) is 54.6 Å². The fourth-order valence-electron chi connectivity index (χ4n) is 4.81. The van der Waals surface area contributed by atoms with Crippen molar-refractivity contribution in [3.8, 4) is 11.1 Å². The Hall–Kier alpha value is -3.45. The molecule has 2 heterocycles. The molecule has 1 aliphatic heterocycles. The van der Waals surface area contributed by atoms with Crippen LogP contribution in [-0.4, -0.2) is 46.0 Å². The lowest BCUT2D eigenvalue weighted by Gasteiger charge is -2.34. The Morgan fingerprint density at radius 1 is 1.06 bits per heavy atom. The molecule has 1 unspecified atom stereocenters. The van der Waals surface area contributed by atoms with E-state index in [1.165, 1.54) is 16.8 Å². The number of carbonyl (C=O) groups excluding carboxylic acids is 2. The zero-order valence-corrected chi connectivity index (χ0v) is 18.6. The Balaban J connectivity index is 1.20. The predicted octanol–water partition coefficient (Wildman–Crippen LogP) is 2.57. The Morgan fingerprint density at radius 3 is 2.67 bits per heavy atom. The first-order valence-electron chi connectivity index (χ1n) is 11.6. The van der Waals surface area contributed by atoms with Gasteiger partial charge in [0.05, 0.1) is 24.7 Å². The summed E-state index contributed by atoms with van der Waals surface area (Å²) < 4.78 is 0. The van der Waals surface area contributed by atoms with Gasteiger partial charge in [-0.15, -0.1) is 0 Å². The molecule has 1 saturated heterocycles. The monoisotopic (exact) mass is 443 g/mol. The zero-order chi connectivity index (χ0) is 22.6. The quantitative estimate of drug-likeness (QED) is 0.524. The number of benzene rings is 2. The molecule has 0 saturated carbocycles. The molecule has 5 rings (SSSR count). The second-order valence-electron chi connectivity index (χ2n) is 8.80. The first-order valence-corrected chi connectivity index (χ1v) is 11.6. The number of aromatic nitrogens is 2. The van der Waals surface area contributed by atoms with Gasteiger partial charge in [-0.2, -0.15) is 5.10 Å². The maximum atomic E-state index is 12.7. The highest BCUT2D eigenvalue weighted by molar-refractivity contribution is 5.88. The average Bonchev–Trinajstić information content (AvgIpc) is 3.46. The summed E-state index contributed by atoms with van der Waals surface area (Å²) in [6.45, 7) is 2.35. The van der Waals surface area contributed by atoms with Crippen molar-refractivity contribution in [2.75, 3.05) is 13.1 Å². The van der Waals surface area contributed by atoms with E-state index in [2.05, 4.69) is 62.1 Å². The van der Waals surface area contributed by atoms with Gasteiger partial charge in [0.25, 0.3) is 0 Å². The number of aromatic amines is 1. The van der Waals surface area contributed by atoms with Crippen LogP contribution in [-0.2, 0) is 35.5 Å². The summed E-state index contributed by atoms with van der Waals surface area (Å²) in [5.74, 6) is -0.214. The van der Waals surface area contributed by atoms with E-state index in [9.17, 15) is 9.59 Å². The third-order valence-electron chi connectivity index (χ3n) is 6.61. The minimum absolute atomic E-state index is 0.0852. The predicted molar refractivity (Wildman–Crippen MR) is 126 cm³/mol. The molecule has 0 bridgehead atoms. The van der Waals surface area contributed by atoms with E-state index in [1.807, 2.05) is 18.2 Å². The normalized spacial score (nSPS) is 18.1. The van der Waals surface area contributed by atoms with E-state index in [1.54, 1.807) is 0 Å². The number of aryl methyl sites for hydroxylation is 1. The number of hydrogen-bond acceptors (Lipinski definition) is 4. The van der Waals surface area contributed by atoms with Gasteiger partial charge in [0, 0.05) is 25.3 Å². The maximum absolute atomic E-state index is 12.7. The third-order valence-corrected chi connectivity index (χ3v) is 6.61. The highest BCUT2D eigenvalue weighted by Crippen LogP contribution is 2.23. The van der Waals surface area contributed by atoms with Crippen LogP contribution < -0.4 is 10.6 Å². The molecule has 0 radical (unpaired) electrons. The van der Waals surface area contributed by atoms with E-state index >= 15 is 0 Å². The topological polar surface area (TPSA) is 90.1 Å². The summed E-state index contributed by atoms with van der Waals surface area (Å²) in [6.07, 6.45) is 3.31. The largest absolute Gasteiger partial charge is 0.353 e. The van der Waals surface area contributed by atoms with Crippen molar-refractivity contribution < 1.29 is 9.59 Å². The Labute approximate surface area is 193 Å². The molecule has 3 N–H and O–H groups in total. The van der Waals surface area contributed by atoms with Crippen molar-refractivity contribution in [2.45, 2.75) is 44.8 Å². The molecule has 3 aromatic rings. The highest BCUT2D eigenvalue weighted by atomic mass is 16.2. The highest BCUT2D eigenvalue weighted by Gasteiger charge is 2.31. The Bertz CT molecular complexity index is 1120. The van der Waals surface area contributed by atoms with Crippen molar-refractivity contribution in [2.24, 2.45) is 0 Å². The van der Waals surface area contributed by atoms with Crippen molar-refractivity contribution in [3.63, 3.8) is 0 Å². The van der Waals surface area contributed by atoms with E-state index in [-0.39, 0.29) is 18.2 Å². The maximum Gasteiger partial charge on any atom is 0.237 e. The average molecular weight is 444 g/mol. The van der Waals surface area contributed by atoms with Gasteiger partial charge < -0.3 is 10.6 Å². The summed E-state index contributed by atoms with van der Waals surface area (Å²) >= 11 is 0. The molecular weight excluding hydrogens is 414 g/mol. The molecule has 2 amide bonds. The number of nitrogens with one attached hydrogen (secondary N) is 3. The van der Waals surface area contributed by atoms with Crippen LogP contribution in [0.4, 0.5) is 0 Å². The van der Waals surface area contributed by atoms with E-state index in [4.69, 9.17) is 0 Å². The number of amides is 2. The van der Waals surface area contributed by atoms with Crippen molar-refractivity contribution in [3.05, 3.63) is 77.1 Å². The van der Waals surface area contributed by atoms with E-state index < -0.39 is 6.04 Å². The summed E-state index contributed by atoms with van der Waals surface area (Å²) in [6, 6.07) is 18.2. The molecule has 1 fully saturated rings. The van der Waals surface area contributed by atoms with Gasteiger partial charge in [-0.05, 0) is 41.5 Å². The molecule has 7 nitrogen and oxygen atoms in total. The SMILES string of the molecule is O=C(CC1C(=O)NCCN1Cc1ccc(-c2ccccc2)cc1)NCc1n[nH]c2c1CCC2. The van der Waals surface area contributed by atoms with E-state index in [0.717, 1.165) is 42.6 Å². The number of hydrogen-bond donors (Lipinski definition) is 3. The zero-order valence-electron chi connectivity index (χ0n) is 18.6. The minimum Gasteiger partial charge on any atom is -0.353 e. The van der Waals surface area contributed by atoms with Crippen LogP contribution in [0.5, 0.6) is 0 Å². The van der Waals surface area contributed by atoms with Crippen molar-refractivity contribution in [1.29, 1.82) is 0 Å². The van der Waals surface area contributed by atoms with Crippen LogP contribution in [0, 0.1) is 0 Å². The van der Waals surface area contributed by atoms with Crippen LogP contribution in [0.2, 0.25) is 0 Å². The van der Waals surface area contributed by atoms with Gasteiger partial charge in [-0.3, -0.25) is 19.6 Å². The molecular formula is C26H29N5O2. The first kappa shape index (κ1) is 21.4. The summed E-state index contributed by atoms with van der Waals surface area (Å²) in [7, 11) is 0. The van der Waals surface area contributed by atoms with Gasteiger partial charge in [0.15, 0.2) is 0 Å². The molecule has 33 heavy (non-hydrogen) atoms. The van der Waals surface area contributed by atoms with Crippen molar-refractivity contribution >= 4 is 11.8 Å².